The zero-order valence-electron chi connectivity index (χ0n) is 14.5. The lowest BCUT2D eigenvalue weighted by atomic mass is 9.98. The van der Waals surface area contributed by atoms with Gasteiger partial charge in [-0.3, -0.25) is 19.7 Å². The zero-order chi connectivity index (χ0) is 17.8. The predicted molar refractivity (Wildman–Crippen MR) is 91.8 cm³/mol. The molecule has 0 bridgehead atoms. The zero-order valence-corrected chi connectivity index (χ0v) is 14.5. The van der Waals surface area contributed by atoms with Gasteiger partial charge in [0, 0.05) is 31.2 Å². The van der Waals surface area contributed by atoms with Gasteiger partial charge >= 0.3 is 0 Å². The molecule has 0 aromatic heterocycles. The number of ether oxygens (including phenoxy) is 1. The van der Waals surface area contributed by atoms with Crippen molar-refractivity contribution in [2.45, 2.75) is 57.7 Å². The molecule has 0 radical (unpaired) electrons. The minimum atomic E-state index is -0.317. The molecule has 2 atom stereocenters. The fourth-order valence-corrected chi connectivity index (χ4v) is 3.56. The Balaban J connectivity index is 1.65. The third-order valence-corrected chi connectivity index (χ3v) is 5.05. The number of hydrogen-bond acceptors (Lipinski definition) is 4. The number of hydrogen-bond donors (Lipinski definition) is 1. The Bertz CT molecular complexity index is 667. The van der Waals surface area contributed by atoms with Crippen LogP contribution in [0, 0.1) is 0 Å². The van der Waals surface area contributed by atoms with Crippen molar-refractivity contribution in [1.82, 2.24) is 10.2 Å². The monoisotopic (exact) mass is 344 g/mol. The molecule has 0 spiro atoms. The molecule has 0 saturated carbocycles. The van der Waals surface area contributed by atoms with Gasteiger partial charge in [0.25, 0.3) is 5.91 Å². The first-order chi connectivity index (χ1) is 12.1. The van der Waals surface area contributed by atoms with Crippen molar-refractivity contribution < 1.29 is 19.1 Å². The van der Waals surface area contributed by atoms with E-state index in [0.29, 0.717) is 19.4 Å². The second-order valence-corrected chi connectivity index (χ2v) is 6.78. The topological polar surface area (TPSA) is 75.7 Å². The Morgan fingerprint density at radius 2 is 2.28 bits per heavy atom. The van der Waals surface area contributed by atoms with E-state index in [1.165, 1.54) is 6.42 Å². The van der Waals surface area contributed by atoms with Crippen molar-refractivity contribution in [2.24, 2.45) is 0 Å². The molecule has 1 saturated heterocycles. The molecule has 6 heteroatoms. The lowest BCUT2D eigenvalue weighted by Crippen LogP contribution is -2.34. The summed E-state index contributed by atoms with van der Waals surface area (Å²) < 4.78 is 5.84. The number of carbonyl (C=O) groups excluding carboxylic acids is 3. The van der Waals surface area contributed by atoms with Crippen LogP contribution in [0.2, 0.25) is 0 Å². The molecule has 3 rings (SSSR count). The standard InChI is InChI=1S/C19H24N2O4/c1-13(5-8-18(23)20-12-22)21-11-15-10-14(6-7-16(15)19(21)24)17-4-2-3-9-25-17/h6-7,10,12-13,17H,2-5,8-9,11H2,1H3,(H,20,22,23). The number of benzene rings is 1. The van der Waals surface area contributed by atoms with Gasteiger partial charge in [0.1, 0.15) is 0 Å². The van der Waals surface area contributed by atoms with Crippen LogP contribution >= 0.6 is 0 Å². The number of carbonyl (C=O) groups is 3. The van der Waals surface area contributed by atoms with Crippen molar-refractivity contribution >= 4 is 18.2 Å². The van der Waals surface area contributed by atoms with Crippen molar-refractivity contribution in [3.05, 3.63) is 34.9 Å². The maximum Gasteiger partial charge on any atom is 0.254 e. The van der Waals surface area contributed by atoms with Crippen molar-refractivity contribution in [2.75, 3.05) is 6.61 Å². The van der Waals surface area contributed by atoms with Gasteiger partial charge < -0.3 is 9.64 Å². The third kappa shape index (κ3) is 3.90. The summed E-state index contributed by atoms with van der Waals surface area (Å²) >= 11 is 0. The number of nitrogens with one attached hydrogen (secondary N) is 1. The smallest absolute Gasteiger partial charge is 0.254 e. The van der Waals surface area contributed by atoms with Gasteiger partial charge in [-0.25, -0.2) is 0 Å². The first kappa shape index (κ1) is 17.6. The number of nitrogens with zero attached hydrogens (tertiary/aromatic N) is 1. The van der Waals surface area contributed by atoms with E-state index in [1.54, 1.807) is 4.90 Å². The third-order valence-electron chi connectivity index (χ3n) is 5.05. The highest BCUT2D eigenvalue weighted by atomic mass is 16.5. The van der Waals surface area contributed by atoms with Gasteiger partial charge in [-0.05, 0) is 49.8 Å². The van der Waals surface area contributed by atoms with Gasteiger partial charge in [0.05, 0.1) is 6.10 Å². The van der Waals surface area contributed by atoms with Crippen LogP contribution in [0.4, 0.5) is 0 Å². The number of fused-ring (bicyclic) bond motifs is 1. The average molecular weight is 344 g/mol. The van der Waals surface area contributed by atoms with E-state index in [-0.39, 0.29) is 30.4 Å². The van der Waals surface area contributed by atoms with Crippen LogP contribution in [0.5, 0.6) is 0 Å². The quantitative estimate of drug-likeness (QED) is 0.804. The van der Waals surface area contributed by atoms with Gasteiger partial charge in [-0.15, -0.1) is 0 Å². The number of amides is 3. The normalized spacial score (nSPS) is 20.9. The molecular weight excluding hydrogens is 320 g/mol. The van der Waals surface area contributed by atoms with E-state index in [2.05, 4.69) is 11.4 Å². The summed E-state index contributed by atoms with van der Waals surface area (Å²) in [7, 11) is 0. The Labute approximate surface area is 147 Å². The molecule has 2 aliphatic rings. The summed E-state index contributed by atoms with van der Waals surface area (Å²) in [5.74, 6) is -0.308. The number of imide groups is 1. The Kier molecular flexibility index (Phi) is 5.48. The first-order valence-electron chi connectivity index (χ1n) is 8.88. The summed E-state index contributed by atoms with van der Waals surface area (Å²) in [6.45, 7) is 3.29. The molecule has 2 unspecified atom stereocenters. The Morgan fingerprint density at radius 1 is 1.44 bits per heavy atom. The minimum absolute atomic E-state index is 0.00871. The summed E-state index contributed by atoms with van der Waals surface area (Å²) in [6.07, 6.45) is 4.58. The summed E-state index contributed by atoms with van der Waals surface area (Å²) in [5, 5.41) is 2.13. The highest BCUT2D eigenvalue weighted by Gasteiger charge is 2.31. The highest BCUT2D eigenvalue weighted by molar-refractivity contribution is 5.98. The van der Waals surface area contributed by atoms with Crippen molar-refractivity contribution in [1.29, 1.82) is 0 Å². The van der Waals surface area contributed by atoms with Crippen LogP contribution in [-0.4, -0.2) is 35.8 Å². The second-order valence-electron chi connectivity index (χ2n) is 6.78. The molecule has 2 aliphatic heterocycles. The van der Waals surface area contributed by atoms with Crippen LogP contribution in [0.1, 0.15) is 66.6 Å². The summed E-state index contributed by atoms with van der Waals surface area (Å²) in [4.78, 5) is 36.1. The Hall–Kier alpha value is -2.21. The second kappa shape index (κ2) is 7.78. The molecule has 0 aliphatic carbocycles. The van der Waals surface area contributed by atoms with Gasteiger partial charge in [0.2, 0.25) is 12.3 Å². The van der Waals surface area contributed by atoms with Crippen LogP contribution < -0.4 is 5.32 Å². The summed E-state index contributed by atoms with van der Waals surface area (Å²) in [6, 6.07) is 5.93. The molecule has 2 heterocycles. The maximum absolute atomic E-state index is 12.6. The van der Waals surface area contributed by atoms with E-state index in [9.17, 15) is 14.4 Å². The average Bonchev–Trinajstić information content (AvgIpc) is 2.97. The van der Waals surface area contributed by atoms with Gasteiger partial charge in [-0.2, -0.15) is 0 Å². The highest BCUT2D eigenvalue weighted by Crippen LogP contribution is 2.32. The van der Waals surface area contributed by atoms with Crippen molar-refractivity contribution in [3.63, 3.8) is 0 Å². The molecule has 1 N–H and O–H groups in total. The molecular formula is C19H24N2O4. The predicted octanol–water partition coefficient (Wildman–Crippen LogP) is 2.33. The van der Waals surface area contributed by atoms with Crippen LogP contribution in [0.15, 0.2) is 18.2 Å². The maximum atomic E-state index is 12.6. The van der Waals surface area contributed by atoms with Gasteiger partial charge in [0.15, 0.2) is 0 Å². The molecule has 25 heavy (non-hydrogen) atoms. The lowest BCUT2D eigenvalue weighted by Gasteiger charge is -2.24. The van der Waals surface area contributed by atoms with Crippen LogP contribution in [0.3, 0.4) is 0 Å². The van der Waals surface area contributed by atoms with E-state index in [4.69, 9.17) is 4.74 Å². The van der Waals surface area contributed by atoms with E-state index >= 15 is 0 Å². The molecule has 1 fully saturated rings. The summed E-state index contributed by atoms with van der Waals surface area (Å²) in [5.41, 5.74) is 2.91. The molecule has 134 valence electrons. The number of rotatable bonds is 6. The van der Waals surface area contributed by atoms with Crippen molar-refractivity contribution in [3.8, 4) is 0 Å². The fraction of sp³-hybridized carbons (Fsp3) is 0.526. The first-order valence-corrected chi connectivity index (χ1v) is 8.88. The molecule has 6 nitrogen and oxygen atoms in total. The molecule has 3 amide bonds. The SMILES string of the molecule is CC(CCC(=O)NC=O)N1Cc2cc(C3CCCCO3)ccc2C1=O. The Morgan fingerprint density at radius 3 is 3.00 bits per heavy atom. The largest absolute Gasteiger partial charge is 0.374 e. The van der Waals surface area contributed by atoms with Gasteiger partial charge in [-0.1, -0.05) is 12.1 Å². The van der Waals surface area contributed by atoms with E-state index in [0.717, 1.165) is 36.1 Å². The fourth-order valence-electron chi connectivity index (χ4n) is 3.56. The van der Waals surface area contributed by atoms with Crippen LogP contribution in [0.25, 0.3) is 0 Å². The minimum Gasteiger partial charge on any atom is -0.374 e. The van der Waals surface area contributed by atoms with E-state index in [1.807, 2.05) is 19.1 Å². The lowest BCUT2D eigenvalue weighted by molar-refractivity contribution is -0.125. The molecule has 1 aromatic carbocycles. The van der Waals surface area contributed by atoms with Crippen LogP contribution in [-0.2, 0) is 20.9 Å². The van der Waals surface area contributed by atoms with E-state index < -0.39 is 0 Å². The molecule has 1 aromatic rings.